The van der Waals surface area contributed by atoms with Gasteiger partial charge in [0.2, 0.25) is 0 Å². The molecule has 1 heterocycles. The fourth-order valence-corrected chi connectivity index (χ4v) is 2.01. The number of hydrogen-bond donors (Lipinski definition) is 2. The summed E-state index contributed by atoms with van der Waals surface area (Å²) in [6, 6.07) is 5.86. The monoisotopic (exact) mass is 274 g/mol. The second-order valence-electron chi connectivity index (χ2n) is 5.15. The molecule has 0 aliphatic heterocycles. The van der Waals surface area contributed by atoms with E-state index in [1.54, 1.807) is 6.33 Å². The SMILES string of the molecule is CCOCC(Nc1ncnc2ccc(N)cc12)C(C)C. The summed E-state index contributed by atoms with van der Waals surface area (Å²) in [6.07, 6.45) is 1.57. The van der Waals surface area contributed by atoms with Gasteiger partial charge in [-0.1, -0.05) is 13.8 Å². The maximum absolute atomic E-state index is 5.86. The van der Waals surface area contributed by atoms with E-state index >= 15 is 0 Å². The third kappa shape index (κ3) is 3.36. The molecule has 0 amide bonds. The third-order valence-corrected chi connectivity index (χ3v) is 3.29. The van der Waals surface area contributed by atoms with Crippen LogP contribution in [0.5, 0.6) is 0 Å². The highest BCUT2D eigenvalue weighted by atomic mass is 16.5. The van der Waals surface area contributed by atoms with Gasteiger partial charge in [0.25, 0.3) is 0 Å². The van der Waals surface area contributed by atoms with Crippen LogP contribution in [-0.2, 0) is 4.74 Å². The molecule has 3 N–H and O–H groups in total. The molecule has 108 valence electrons. The molecule has 0 aliphatic rings. The number of nitrogens with zero attached hydrogens (tertiary/aromatic N) is 2. The number of ether oxygens (including phenoxy) is 1. The fraction of sp³-hybridized carbons (Fsp3) is 0.467. The number of rotatable bonds is 6. The molecule has 0 radical (unpaired) electrons. The van der Waals surface area contributed by atoms with Crippen molar-refractivity contribution in [1.29, 1.82) is 0 Å². The Labute approximate surface area is 119 Å². The van der Waals surface area contributed by atoms with Crippen molar-refractivity contribution in [3.8, 4) is 0 Å². The summed E-state index contributed by atoms with van der Waals surface area (Å²) in [6.45, 7) is 7.69. The molecule has 5 heteroatoms. The average molecular weight is 274 g/mol. The zero-order valence-electron chi connectivity index (χ0n) is 12.3. The number of fused-ring (bicyclic) bond motifs is 1. The smallest absolute Gasteiger partial charge is 0.137 e. The summed E-state index contributed by atoms with van der Waals surface area (Å²) in [7, 11) is 0. The van der Waals surface area contributed by atoms with Gasteiger partial charge in [-0.25, -0.2) is 9.97 Å². The van der Waals surface area contributed by atoms with Crippen LogP contribution in [0.2, 0.25) is 0 Å². The Hall–Kier alpha value is -1.88. The van der Waals surface area contributed by atoms with Crippen LogP contribution < -0.4 is 11.1 Å². The molecular weight excluding hydrogens is 252 g/mol. The lowest BCUT2D eigenvalue weighted by Gasteiger charge is -2.23. The largest absolute Gasteiger partial charge is 0.399 e. The molecular formula is C15H22N4O. The van der Waals surface area contributed by atoms with Crippen LogP contribution in [0.1, 0.15) is 20.8 Å². The number of hydrogen-bond acceptors (Lipinski definition) is 5. The first-order chi connectivity index (χ1) is 9.61. The Balaban J connectivity index is 2.29. The summed E-state index contributed by atoms with van der Waals surface area (Å²) >= 11 is 0. The molecule has 0 saturated heterocycles. The molecule has 0 aliphatic carbocycles. The first-order valence-electron chi connectivity index (χ1n) is 6.96. The Kier molecular flexibility index (Phi) is 4.74. The van der Waals surface area contributed by atoms with Gasteiger partial charge in [-0.3, -0.25) is 0 Å². The van der Waals surface area contributed by atoms with E-state index in [9.17, 15) is 0 Å². The van der Waals surface area contributed by atoms with Crippen LogP contribution in [0.3, 0.4) is 0 Å². The van der Waals surface area contributed by atoms with Gasteiger partial charge in [-0.05, 0) is 31.0 Å². The van der Waals surface area contributed by atoms with Gasteiger partial charge in [0.05, 0.1) is 18.2 Å². The van der Waals surface area contributed by atoms with Crippen molar-refractivity contribution in [3.05, 3.63) is 24.5 Å². The maximum atomic E-state index is 5.86. The average Bonchev–Trinajstić information content (AvgIpc) is 2.43. The number of nitrogens with one attached hydrogen (secondary N) is 1. The summed E-state index contributed by atoms with van der Waals surface area (Å²) in [5, 5.41) is 4.39. The Morgan fingerprint density at radius 1 is 1.30 bits per heavy atom. The van der Waals surface area contributed by atoms with E-state index < -0.39 is 0 Å². The van der Waals surface area contributed by atoms with Gasteiger partial charge in [-0.15, -0.1) is 0 Å². The predicted octanol–water partition coefficient (Wildman–Crippen LogP) is 2.69. The lowest BCUT2D eigenvalue weighted by atomic mass is 10.1. The Morgan fingerprint density at radius 2 is 2.10 bits per heavy atom. The van der Waals surface area contributed by atoms with E-state index in [1.807, 2.05) is 25.1 Å². The highest BCUT2D eigenvalue weighted by Crippen LogP contribution is 2.23. The molecule has 0 bridgehead atoms. The van der Waals surface area contributed by atoms with Gasteiger partial charge in [-0.2, -0.15) is 0 Å². The normalized spacial score (nSPS) is 12.8. The minimum atomic E-state index is 0.203. The predicted molar refractivity (Wildman–Crippen MR) is 82.7 cm³/mol. The number of nitrogen functional groups attached to an aromatic ring is 1. The quantitative estimate of drug-likeness (QED) is 0.792. The van der Waals surface area contributed by atoms with Crippen molar-refractivity contribution >= 4 is 22.4 Å². The van der Waals surface area contributed by atoms with Crippen LogP contribution in [-0.4, -0.2) is 29.2 Å². The molecule has 2 rings (SSSR count). The van der Waals surface area contributed by atoms with Crippen molar-refractivity contribution < 1.29 is 4.74 Å². The molecule has 0 fully saturated rings. The van der Waals surface area contributed by atoms with Crippen molar-refractivity contribution in [2.45, 2.75) is 26.8 Å². The zero-order chi connectivity index (χ0) is 14.5. The molecule has 1 aromatic heterocycles. The van der Waals surface area contributed by atoms with Crippen molar-refractivity contribution in [3.63, 3.8) is 0 Å². The summed E-state index contributed by atoms with van der Waals surface area (Å²) in [4.78, 5) is 8.60. The van der Waals surface area contributed by atoms with E-state index in [0.717, 1.165) is 16.7 Å². The second-order valence-corrected chi connectivity index (χ2v) is 5.15. The van der Waals surface area contributed by atoms with Crippen LogP contribution in [0.25, 0.3) is 10.9 Å². The molecule has 1 unspecified atom stereocenters. The number of anilines is 2. The standard InChI is InChI=1S/C15H22N4O/c1-4-20-8-14(10(2)3)19-15-12-7-11(16)5-6-13(12)17-9-18-15/h5-7,9-10,14H,4,8,16H2,1-3H3,(H,17,18,19). The summed E-state index contributed by atoms with van der Waals surface area (Å²) < 4.78 is 5.53. The molecule has 20 heavy (non-hydrogen) atoms. The Bertz CT molecular complexity index is 571. The van der Waals surface area contributed by atoms with E-state index in [-0.39, 0.29) is 6.04 Å². The Morgan fingerprint density at radius 3 is 2.80 bits per heavy atom. The van der Waals surface area contributed by atoms with E-state index in [0.29, 0.717) is 24.8 Å². The molecule has 0 saturated carbocycles. The van der Waals surface area contributed by atoms with Gasteiger partial charge >= 0.3 is 0 Å². The molecule has 1 atom stereocenters. The fourth-order valence-electron chi connectivity index (χ4n) is 2.01. The first kappa shape index (κ1) is 14.5. The topological polar surface area (TPSA) is 73.1 Å². The number of aromatic nitrogens is 2. The highest BCUT2D eigenvalue weighted by molar-refractivity contribution is 5.91. The molecule has 0 spiro atoms. The van der Waals surface area contributed by atoms with Crippen LogP contribution in [0, 0.1) is 5.92 Å². The molecule has 1 aromatic carbocycles. The van der Waals surface area contributed by atoms with Crippen LogP contribution >= 0.6 is 0 Å². The van der Waals surface area contributed by atoms with Crippen molar-refractivity contribution in [2.24, 2.45) is 5.92 Å². The van der Waals surface area contributed by atoms with E-state index in [2.05, 4.69) is 29.1 Å². The van der Waals surface area contributed by atoms with E-state index in [1.165, 1.54) is 0 Å². The number of benzene rings is 1. The lowest BCUT2D eigenvalue weighted by molar-refractivity contribution is 0.126. The van der Waals surface area contributed by atoms with E-state index in [4.69, 9.17) is 10.5 Å². The van der Waals surface area contributed by atoms with Gasteiger partial charge in [0, 0.05) is 17.7 Å². The van der Waals surface area contributed by atoms with Gasteiger partial charge in [0.1, 0.15) is 12.1 Å². The molecule has 5 nitrogen and oxygen atoms in total. The third-order valence-electron chi connectivity index (χ3n) is 3.29. The van der Waals surface area contributed by atoms with Crippen LogP contribution in [0.4, 0.5) is 11.5 Å². The zero-order valence-corrected chi connectivity index (χ0v) is 12.3. The highest BCUT2D eigenvalue weighted by Gasteiger charge is 2.15. The first-order valence-corrected chi connectivity index (χ1v) is 6.96. The number of nitrogens with two attached hydrogens (primary N) is 1. The van der Waals surface area contributed by atoms with Crippen LogP contribution in [0.15, 0.2) is 24.5 Å². The van der Waals surface area contributed by atoms with Gasteiger partial charge in [0.15, 0.2) is 0 Å². The van der Waals surface area contributed by atoms with Gasteiger partial charge < -0.3 is 15.8 Å². The summed E-state index contributed by atoms with van der Waals surface area (Å²) in [5.74, 6) is 1.24. The minimum absolute atomic E-state index is 0.203. The lowest BCUT2D eigenvalue weighted by Crippen LogP contribution is -2.31. The van der Waals surface area contributed by atoms with Crippen molar-refractivity contribution in [2.75, 3.05) is 24.3 Å². The van der Waals surface area contributed by atoms with Crippen molar-refractivity contribution in [1.82, 2.24) is 9.97 Å². The summed E-state index contributed by atoms with van der Waals surface area (Å²) in [5.41, 5.74) is 7.45. The minimum Gasteiger partial charge on any atom is -0.399 e. The second kappa shape index (κ2) is 6.52. The molecule has 2 aromatic rings. The maximum Gasteiger partial charge on any atom is 0.137 e.